The molecule has 0 amide bonds. The van der Waals surface area contributed by atoms with Crippen molar-refractivity contribution in [1.82, 2.24) is 9.55 Å². The lowest BCUT2D eigenvalue weighted by Gasteiger charge is -2.04. The standard InChI is InChI=1S/C17H13N3O2/c1-20-7-6-11-8-14(18-10-15(11)20)17-9-13(19-21)12-4-2-3-5-16(12)22-17/h2-10,21H,1H3. The largest absolute Gasteiger partial charge is 0.454 e. The Balaban J connectivity index is 1.99. The summed E-state index contributed by atoms with van der Waals surface area (Å²) in [5.41, 5.74) is 2.41. The fraction of sp³-hybridized carbons (Fsp3) is 0.0588. The number of hydrogen-bond donors (Lipinski definition) is 1. The summed E-state index contributed by atoms with van der Waals surface area (Å²) >= 11 is 0. The van der Waals surface area contributed by atoms with E-state index in [9.17, 15) is 5.21 Å². The zero-order valence-electron chi connectivity index (χ0n) is 11.9. The highest BCUT2D eigenvalue weighted by Crippen LogP contribution is 2.24. The van der Waals surface area contributed by atoms with E-state index in [1.807, 2.05) is 60.4 Å². The highest BCUT2D eigenvalue weighted by Gasteiger charge is 2.09. The maximum absolute atomic E-state index is 9.24. The third kappa shape index (κ3) is 1.87. The molecule has 0 spiro atoms. The van der Waals surface area contributed by atoms with Crippen LogP contribution in [-0.4, -0.2) is 14.8 Å². The lowest BCUT2D eigenvalue weighted by atomic mass is 10.2. The summed E-state index contributed by atoms with van der Waals surface area (Å²) in [7, 11) is 1.98. The van der Waals surface area contributed by atoms with Crippen LogP contribution in [0.3, 0.4) is 0 Å². The van der Waals surface area contributed by atoms with Gasteiger partial charge in [-0.25, -0.2) is 0 Å². The van der Waals surface area contributed by atoms with Crippen molar-refractivity contribution in [2.75, 3.05) is 0 Å². The van der Waals surface area contributed by atoms with E-state index in [4.69, 9.17) is 4.42 Å². The molecule has 0 saturated carbocycles. The molecule has 0 atom stereocenters. The van der Waals surface area contributed by atoms with E-state index in [2.05, 4.69) is 10.1 Å². The van der Waals surface area contributed by atoms with Gasteiger partial charge in [-0.15, -0.1) is 0 Å². The highest BCUT2D eigenvalue weighted by atomic mass is 16.4. The van der Waals surface area contributed by atoms with Crippen LogP contribution in [0.25, 0.3) is 33.3 Å². The number of pyridine rings is 1. The van der Waals surface area contributed by atoms with Gasteiger partial charge in [0, 0.05) is 30.1 Å². The van der Waals surface area contributed by atoms with Crippen LogP contribution >= 0.6 is 0 Å². The lowest BCUT2D eigenvalue weighted by molar-refractivity contribution is 0.302. The van der Waals surface area contributed by atoms with Crippen LogP contribution in [0.2, 0.25) is 0 Å². The molecule has 3 heterocycles. The normalized spacial score (nSPS) is 12.3. The molecular weight excluding hydrogens is 278 g/mol. The van der Waals surface area contributed by atoms with Crippen molar-refractivity contribution in [1.29, 1.82) is 0 Å². The second kappa shape index (κ2) is 4.73. The Kier molecular flexibility index (Phi) is 2.72. The Hall–Kier alpha value is -3.08. The van der Waals surface area contributed by atoms with Gasteiger partial charge in [0.2, 0.25) is 0 Å². The average molecular weight is 291 g/mol. The van der Waals surface area contributed by atoms with E-state index in [1.54, 1.807) is 6.07 Å². The molecule has 0 fully saturated rings. The second-order valence-electron chi connectivity index (χ2n) is 5.15. The molecule has 0 unspecified atom stereocenters. The van der Waals surface area contributed by atoms with Crippen molar-refractivity contribution in [3.8, 4) is 11.5 Å². The molecule has 4 aromatic rings. The van der Waals surface area contributed by atoms with E-state index in [0.717, 1.165) is 16.3 Å². The fourth-order valence-electron chi connectivity index (χ4n) is 2.63. The van der Waals surface area contributed by atoms with Crippen molar-refractivity contribution in [3.63, 3.8) is 0 Å². The molecule has 108 valence electrons. The number of hydrogen-bond acceptors (Lipinski definition) is 4. The summed E-state index contributed by atoms with van der Waals surface area (Å²) < 4.78 is 7.92. The fourth-order valence-corrected chi connectivity index (χ4v) is 2.63. The van der Waals surface area contributed by atoms with Gasteiger partial charge in [0.25, 0.3) is 0 Å². The Morgan fingerprint density at radius 1 is 1.18 bits per heavy atom. The van der Waals surface area contributed by atoms with Crippen molar-refractivity contribution >= 4 is 21.9 Å². The first kappa shape index (κ1) is 12.6. The number of rotatable bonds is 1. The lowest BCUT2D eigenvalue weighted by Crippen LogP contribution is -2.03. The predicted octanol–water partition coefficient (Wildman–Crippen LogP) is 3.28. The third-order valence-corrected chi connectivity index (χ3v) is 3.78. The van der Waals surface area contributed by atoms with Gasteiger partial charge in [0.05, 0.1) is 11.7 Å². The number of benzene rings is 1. The maximum atomic E-state index is 9.24. The van der Waals surface area contributed by atoms with Crippen LogP contribution in [-0.2, 0) is 7.05 Å². The van der Waals surface area contributed by atoms with Crippen LogP contribution in [0, 0.1) is 0 Å². The first-order valence-corrected chi connectivity index (χ1v) is 6.89. The van der Waals surface area contributed by atoms with Gasteiger partial charge in [-0.2, -0.15) is 0 Å². The van der Waals surface area contributed by atoms with Crippen LogP contribution in [0.5, 0.6) is 0 Å². The first-order valence-electron chi connectivity index (χ1n) is 6.89. The zero-order chi connectivity index (χ0) is 15.1. The average Bonchev–Trinajstić information content (AvgIpc) is 2.94. The van der Waals surface area contributed by atoms with Gasteiger partial charge in [0.15, 0.2) is 5.76 Å². The number of nitrogens with zero attached hydrogens (tertiary/aromatic N) is 3. The summed E-state index contributed by atoms with van der Waals surface area (Å²) in [4.78, 5) is 4.45. The minimum absolute atomic E-state index is 0.465. The number of aryl methyl sites for hydroxylation is 1. The molecule has 22 heavy (non-hydrogen) atoms. The van der Waals surface area contributed by atoms with E-state index in [1.165, 1.54) is 0 Å². The van der Waals surface area contributed by atoms with Crippen LogP contribution in [0.1, 0.15) is 0 Å². The maximum Gasteiger partial charge on any atom is 0.155 e. The topological polar surface area (TPSA) is 63.5 Å². The minimum atomic E-state index is 0.465. The van der Waals surface area contributed by atoms with E-state index < -0.39 is 0 Å². The molecule has 0 radical (unpaired) electrons. The quantitative estimate of drug-likeness (QED) is 0.432. The van der Waals surface area contributed by atoms with Crippen LogP contribution in [0.15, 0.2) is 64.4 Å². The first-order chi connectivity index (χ1) is 10.8. The van der Waals surface area contributed by atoms with Gasteiger partial charge >= 0.3 is 0 Å². The number of aromatic nitrogens is 2. The SMILES string of the molecule is Cn1ccc2cc(-c3cc(=NO)c4ccccc4o3)ncc21. The van der Waals surface area contributed by atoms with Gasteiger partial charge in [-0.05, 0) is 24.3 Å². The van der Waals surface area contributed by atoms with Crippen LogP contribution in [0.4, 0.5) is 0 Å². The van der Waals surface area contributed by atoms with E-state index in [0.29, 0.717) is 22.4 Å². The van der Waals surface area contributed by atoms with Crippen molar-refractivity contribution in [2.24, 2.45) is 12.2 Å². The molecule has 5 heteroatoms. The summed E-state index contributed by atoms with van der Waals surface area (Å²) in [5, 5.41) is 14.9. The molecule has 0 saturated heterocycles. The zero-order valence-corrected chi connectivity index (χ0v) is 11.9. The Bertz CT molecular complexity index is 1060. The third-order valence-electron chi connectivity index (χ3n) is 3.78. The van der Waals surface area contributed by atoms with Crippen molar-refractivity contribution in [3.05, 3.63) is 60.2 Å². The summed E-state index contributed by atoms with van der Waals surface area (Å²) in [5.74, 6) is 0.567. The molecule has 1 aromatic carbocycles. The highest BCUT2D eigenvalue weighted by molar-refractivity contribution is 5.83. The number of fused-ring (bicyclic) bond motifs is 2. The summed E-state index contributed by atoms with van der Waals surface area (Å²) in [6.07, 6.45) is 3.80. The summed E-state index contributed by atoms with van der Waals surface area (Å²) in [6.45, 7) is 0. The molecule has 0 aliphatic heterocycles. The van der Waals surface area contributed by atoms with Gasteiger partial charge in [-0.3, -0.25) is 4.98 Å². The Labute approximate surface area is 125 Å². The van der Waals surface area contributed by atoms with Crippen LogP contribution < -0.4 is 5.36 Å². The molecule has 5 nitrogen and oxygen atoms in total. The molecule has 3 aromatic heterocycles. The minimum Gasteiger partial charge on any atom is -0.454 e. The number of para-hydroxylation sites is 1. The molecule has 4 rings (SSSR count). The molecule has 0 aliphatic rings. The molecular formula is C17H13N3O2. The van der Waals surface area contributed by atoms with Gasteiger partial charge < -0.3 is 14.2 Å². The monoisotopic (exact) mass is 291 g/mol. The predicted molar refractivity (Wildman–Crippen MR) is 83.3 cm³/mol. The molecule has 1 N–H and O–H groups in total. The van der Waals surface area contributed by atoms with Gasteiger partial charge in [-0.1, -0.05) is 17.3 Å². The van der Waals surface area contributed by atoms with Crippen molar-refractivity contribution < 1.29 is 9.62 Å². The Morgan fingerprint density at radius 3 is 2.91 bits per heavy atom. The summed E-state index contributed by atoms with van der Waals surface area (Å²) in [6, 6.07) is 13.1. The van der Waals surface area contributed by atoms with E-state index in [-0.39, 0.29) is 0 Å². The smallest absolute Gasteiger partial charge is 0.155 e. The molecule has 0 bridgehead atoms. The Morgan fingerprint density at radius 2 is 2.05 bits per heavy atom. The molecule has 0 aliphatic carbocycles. The van der Waals surface area contributed by atoms with E-state index >= 15 is 0 Å². The van der Waals surface area contributed by atoms with Crippen molar-refractivity contribution in [2.45, 2.75) is 0 Å². The van der Waals surface area contributed by atoms with Gasteiger partial charge in [0.1, 0.15) is 16.6 Å². The second-order valence-corrected chi connectivity index (χ2v) is 5.15.